The largest absolute Gasteiger partial charge is 0.390 e. The van der Waals surface area contributed by atoms with Gasteiger partial charge in [0.1, 0.15) is 0 Å². The first kappa shape index (κ1) is 18.6. The molecule has 1 amide bonds. The number of amides is 1. The molecule has 1 aliphatic rings. The molecule has 0 saturated carbocycles. The minimum atomic E-state index is -4.48. The molecule has 2 aromatic carbocycles. The number of benzene rings is 2. The van der Waals surface area contributed by atoms with Crippen LogP contribution in [-0.2, 0) is 16.6 Å². The molecule has 3 rings (SSSR count). The summed E-state index contributed by atoms with van der Waals surface area (Å²) in [7, 11) is 0. The maximum atomic E-state index is 13.3. The van der Waals surface area contributed by atoms with Gasteiger partial charge in [0.05, 0.1) is 11.8 Å². The molecule has 7 heteroatoms. The van der Waals surface area contributed by atoms with Crippen LogP contribution in [-0.4, -0.2) is 18.6 Å². The third kappa shape index (κ3) is 3.96. The second-order valence-corrected chi connectivity index (χ2v) is 7.07. The van der Waals surface area contributed by atoms with Crippen molar-refractivity contribution in [1.29, 1.82) is 0 Å². The molecule has 1 aliphatic heterocycles. The molecule has 0 aromatic heterocycles. The molecule has 0 bridgehead atoms. The third-order valence-electron chi connectivity index (χ3n) is 4.61. The van der Waals surface area contributed by atoms with Gasteiger partial charge in [0.15, 0.2) is 0 Å². The zero-order chi connectivity index (χ0) is 18.9. The Morgan fingerprint density at radius 2 is 1.88 bits per heavy atom. The van der Waals surface area contributed by atoms with E-state index in [9.17, 15) is 18.0 Å². The Labute approximate surface area is 154 Å². The molecule has 0 spiro atoms. The maximum absolute atomic E-state index is 13.3. The maximum Gasteiger partial charge on any atom is 0.390 e. The highest BCUT2D eigenvalue weighted by Gasteiger charge is 2.46. The summed E-state index contributed by atoms with van der Waals surface area (Å²) in [6.45, 7) is 2.07. The van der Waals surface area contributed by atoms with Gasteiger partial charge in [-0.3, -0.25) is 4.79 Å². The van der Waals surface area contributed by atoms with Crippen LogP contribution in [0.5, 0.6) is 0 Å². The zero-order valence-corrected chi connectivity index (χ0v) is 14.8. The van der Waals surface area contributed by atoms with Crippen LogP contribution in [0.3, 0.4) is 0 Å². The van der Waals surface area contributed by atoms with E-state index in [1.54, 1.807) is 42.5 Å². The van der Waals surface area contributed by atoms with E-state index in [0.717, 1.165) is 24.2 Å². The minimum Gasteiger partial charge on any atom is -0.384 e. The Hall–Kier alpha value is -2.21. The van der Waals surface area contributed by atoms with Crippen LogP contribution in [0, 0.1) is 0 Å². The van der Waals surface area contributed by atoms with Crippen molar-refractivity contribution in [3.8, 4) is 0 Å². The first-order valence-corrected chi connectivity index (χ1v) is 8.56. The normalized spacial score (nSPS) is 15.7. The predicted octanol–water partition coefficient (Wildman–Crippen LogP) is 5.16. The summed E-state index contributed by atoms with van der Waals surface area (Å²) < 4.78 is 39.8. The monoisotopic (exact) mass is 382 g/mol. The predicted molar refractivity (Wildman–Crippen MR) is 96.7 cm³/mol. The molecule has 2 N–H and O–H groups in total. The minimum absolute atomic E-state index is 0.351. The molecular weight excluding hydrogens is 365 g/mol. The fourth-order valence-electron chi connectivity index (χ4n) is 3.16. The molecule has 1 heterocycles. The molecule has 2 aromatic rings. The Morgan fingerprint density at radius 1 is 1.19 bits per heavy atom. The molecule has 3 nitrogen and oxygen atoms in total. The summed E-state index contributed by atoms with van der Waals surface area (Å²) in [6, 6.07) is 11.3. The number of halogens is 4. The van der Waals surface area contributed by atoms with Gasteiger partial charge in [-0.25, -0.2) is 0 Å². The molecule has 0 radical (unpaired) electrons. The van der Waals surface area contributed by atoms with Gasteiger partial charge in [-0.05, 0) is 54.8 Å². The lowest BCUT2D eigenvalue weighted by Gasteiger charge is -2.30. The lowest BCUT2D eigenvalue weighted by Crippen LogP contribution is -2.41. The van der Waals surface area contributed by atoms with E-state index in [-0.39, 0.29) is 0 Å². The lowest BCUT2D eigenvalue weighted by molar-refractivity contribution is -0.155. The Balaban J connectivity index is 1.95. The van der Waals surface area contributed by atoms with Gasteiger partial charge in [0.2, 0.25) is 5.91 Å². The van der Waals surface area contributed by atoms with E-state index < -0.39 is 23.9 Å². The Morgan fingerprint density at radius 3 is 2.54 bits per heavy atom. The molecule has 1 unspecified atom stereocenters. The van der Waals surface area contributed by atoms with Gasteiger partial charge in [-0.1, -0.05) is 23.7 Å². The van der Waals surface area contributed by atoms with Crippen molar-refractivity contribution >= 4 is 28.9 Å². The highest BCUT2D eigenvalue weighted by atomic mass is 35.5. The van der Waals surface area contributed by atoms with Crippen LogP contribution in [0.25, 0.3) is 0 Å². The number of rotatable bonds is 4. The summed E-state index contributed by atoms with van der Waals surface area (Å²) >= 11 is 5.81. The molecule has 138 valence electrons. The van der Waals surface area contributed by atoms with Crippen molar-refractivity contribution < 1.29 is 18.0 Å². The van der Waals surface area contributed by atoms with Gasteiger partial charge in [0.25, 0.3) is 0 Å². The van der Waals surface area contributed by atoms with Crippen molar-refractivity contribution in [3.05, 3.63) is 58.6 Å². The van der Waals surface area contributed by atoms with Gasteiger partial charge >= 0.3 is 6.18 Å². The fraction of sp³-hybridized carbons (Fsp3) is 0.316. The number of hydrogen-bond acceptors (Lipinski definition) is 2. The molecule has 26 heavy (non-hydrogen) atoms. The average Bonchev–Trinajstić information content (AvgIpc) is 3.03. The third-order valence-corrected chi connectivity index (χ3v) is 4.86. The van der Waals surface area contributed by atoms with E-state index in [1.165, 1.54) is 6.92 Å². The molecule has 1 atom stereocenters. The summed E-state index contributed by atoms with van der Waals surface area (Å²) in [5.41, 5.74) is 0.839. The van der Waals surface area contributed by atoms with Gasteiger partial charge in [-0.2, -0.15) is 13.2 Å². The van der Waals surface area contributed by atoms with Crippen molar-refractivity contribution in [3.63, 3.8) is 0 Å². The van der Waals surface area contributed by atoms with Gasteiger partial charge < -0.3 is 10.6 Å². The molecule has 0 saturated heterocycles. The Kier molecular flexibility index (Phi) is 4.88. The topological polar surface area (TPSA) is 41.1 Å². The van der Waals surface area contributed by atoms with Crippen molar-refractivity contribution in [2.75, 3.05) is 17.2 Å². The highest BCUT2D eigenvalue weighted by Crippen LogP contribution is 2.39. The molecule has 0 fully saturated rings. The van der Waals surface area contributed by atoms with E-state index in [0.29, 0.717) is 16.3 Å². The van der Waals surface area contributed by atoms with Crippen LogP contribution in [0.4, 0.5) is 24.5 Å². The highest BCUT2D eigenvalue weighted by molar-refractivity contribution is 6.30. The van der Waals surface area contributed by atoms with Crippen molar-refractivity contribution in [2.45, 2.75) is 31.4 Å². The van der Waals surface area contributed by atoms with Crippen LogP contribution < -0.4 is 10.6 Å². The lowest BCUT2D eigenvalue weighted by atomic mass is 9.77. The smallest absolute Gasteiger partial charge is 0.384 e. The SMILES string of the molecule is CC(CC(F)(F)F)(C(=O)Nc1ccc(Cl)cc1)c1ccc2c(c1)CCN2. The van der Waals surface area contributed by atoms with Crippen LogP contribution in [0.15, 0.2) is 42.5 Å². The number of fused-ring (bicyclic) bond motifs is 1. The number of nitrogens with one attached hydrogen (secondary N) is 2. The summed E-state index contributed by atoms with van der Waals surface area (Å²) in [6.07, 6.45) is -5.00. The van der Waals surface area contributed by atoms with Crippen LogP contribution in [0.2, 0.25) is 5.02 Å². The summed E-state index contributed by atoms with van der Waals surface area (Å²) in [5.74, 6) is -0.706. The first-order chi connectivity index (χ1) is 12.2. The molecular formula is C19H18ClF3N2O. The van der Waals surface area contributed by atoms with Gasteiger partial charge in [-0.15, -0.1) is 0 Å². The number of carbonyl (C=O) groups excluding carboxylic acids is 1. The number of carbonyl (C=O) groups is 1. The summed E-state index contributed by atoms with van der Waals surface area (Å²) in [5, 5.41) is 6.23. The van der Waals surface area contributed by atoms with E-state index >= 15 is 0 Å². The van der Waals surface area contributed by atoms with E-state index in [2.05, 4.69) is 10.6 Å². The quantitative estimate of drug-likeness (QED) is 0.767. The molecule has 0 aliphatic carbocycles. The second kappa shape index (κ2) is 6.83. The van der Waals surface area contributed by atoms with Crippen molar-refractivity contribution in [1.82, 2.24) is 0 Å². The van der Waals surface area contributed by atoms with Crippen LogP contribution >= 0.6 is 11.6 Å². The second-order valence-electron chi connectivity index (χ2n) is 6.63. The number of hydrogen-bond donors (Lipinski definition) is 2. The zero-order valence-electron chi connectivity index (χ0n) is 14.1. The van der Waals surface area contributed by atoms with E-state index in [4.69, 9.17) is 11.6 Å². The fourth-order valence-corrected chi connectivity index (χ4v) is 3.29. The average molecular weight is 383 g/mol. The van der Waals surface area contributed by atoms with Crippen LogP contribution in [0.1, 0.15) is 24.5 Å². The first-order valence-electron chi connectivity index (χ1n) is 8.18. The number of anilines is 2. The van der Waals surface area contributed by atoms with Crippen molar-refractivity contribution in [2.24, 2.45) is 0 Å². The summed E-state index contributed by atoms with van der Waals surface area (Å²) in [4.78, 5) is 12.8. The van der Waals surface area contributed by atoms with E-state index in [1.807, 2.05) is 0 Å². The number of alkyl halides is 3. The van der Waals surface area contributed by atoms with Gasteiger partial charge in [0, 0.05) is 22.9 Å². The standard InChI is InChI=1S/C19H18ClF3N2O/c1-18(11-19(21,22)23,13-2-7-16-12(10-13)8-9-24-16)17(26)25-15-5-3-14(20)4-6-15/h2-7,10,24H,8-9,11H2,1H3,(H,25,26). The Bertz CT molecular complexity index is 821.